The molecule has 3 heterocycles. The molecule has 0 radical (unpaired) electrons. The van der Waals surface area contributed by atoms with E-state index in [9.17, 15) is 29.4 Å². The lowest BCUT2D eigenvalue weighted by atomic mass is 9.94. The molecular formula is C11H16N3O8P. The van der Waals surface area contributed by atoms with Gasteiger partial charge in [0.05, 0.1) is 6.61 Å². The van der Waals surface area contributed by atoms with E-state index in [1.807, 2.05) is 0 Å². The van der Waals surface area contributed by atoms with Gasteiger partial charge in [-0.1, -0.05) is 0 Å². The van der Waals surface area contributed by atoms with Crippen LogP contribution in [-0.2, 0) is 14.0 Å². The maximum Gasteiger partial charge on any atom is 0.354 e. The quantitative estimate of drug-likeness (QED) is 0.366. The summed E-state index contributed by atoms with van der Waals surface area (Å²) in [7, 11) is -4.54. The Labute approximate surface area is 129 Å². The van der Waals surface area contributed by atoms with Crippen molar-refractivity contribution < 1.29 is 34.0 Å². The number of hydrogen-bond acceptors (Lipinski definition) is 8. The first-order valence-electron chi connectivity index (χ1n) is 6.69. The smallest absolute Gasteiger partial charge is 0.354 e. The lowest BCUT2D eigenvalue weighted by Crippen LogP contribution is -2.43. The number of nitrogens with zero attached hydrogens (tertiary/aromatic N) is 2. The zero-order valence-electron chi connectivity index (χ0n) is 11.7. The van der Waals surface area contributed by atoms with Crippen molar-refractivity contribution in [3.8, 4) is 0 Å². The summed E-state index contributed by atoms with van der Waals surface area (Å²) in [4.78, 5) is 33.7. The second-order valence-electron chi connectivity index (χ2n) is 5.61. The fourth-order valence-electron chi connectivity index (χ4n) is 2.84. The number of rotatable bonds is 2. The number of aromatic nitrogens is 2. The lowest BCUT2D eigenvalue weighted by Gasteiger charge is -2.25. The number of aliphatic hydroxyl groups excluding tert-OH is 2. The molecule has 0 amide bonds. The summed E-state index contributed by atoms with van der Waals surface area (Å²) in [6.45, 7) is -0.325. The Morgan fingerprint density at radius 1 is 1.43 bits per heavy atom. The Morgan fingerprint density at radius 3 is 2.70 bits per heavy atom. The van der Waals surface area contributed by atoms with Gasteiger partial charge in [0.15, 0.2) is 12.1 Å². The van der Waals surface area contributed by atoms with E-state index in [4.69, 9.17) is 15.2 Å². The molecule has 1 aromatic rings. The zero-order chi connectivity index (χ0) is 17.0. The summed E-state index contributed by atoms with van der Waals surface area (Å²) in [5.74, 6) is -1.45. The molecule has 1 spiro atoms. The Morgan fingerprint density at radius 2 is 2.13 bits per heavy atom. The fourth-order valence-corrected chi connectivity index (χ4v) is 3.66. The number of aliphatic hydroxyl groups is 2. The number of nitrogens with two attached hydrogens (primary N) is 1. The van der Waals surface area contributed by atoms with Gasteiger partial charge < -0.3 is 35.2 Å². The van der Waals surface area contributed by atoms with E-state index >= 15 is 0 Å². The van der Waals surface area contributed by atoms with Crippen LogP contribution in [0.3, 0.4) is 0 Å². The van der Waals surface area contributed by atoms with Crippen molar-refractivity contribution >= 4 is 13.4 Å². The van der Waals surface area contributed by atoms with E-state index in [1.54, 1.807) is 0 Å². The van der Waals surface area contributed by atoms with Gasteiger partial charge in [0.2, 0.25) is 0 Å². The highest BCUT2D eigenvalue weighted by molar-refractivity contribution is 7.52. The molecule has 128 valence electrons. The predicted molar refractivity (Wildman–Crippen MR) is 74.2 cm³/mol. The highest BCUT2D eigenvalue weighted by atomic mass is 31.2. The van der Waals surface area contributed by atoms with Crippen LogP contribution in [0.2, 0.25) is 0 Å². The fraction of sp³-hybridized carbons (Fsp3) is 0.636. The van der Waals surface area contributed by atoms with Gasteiger partial charge in [-0.2, -0.15) is 4.98 Å². The molecule has 12 heteroatoms. The highest BCUT2D eigenvalue weighted by Crippen LogP contribution is 2.53. The minimum absolute atomic E-state index is 0.0141. The van der Waals surface area contributed by atoms with E-state index in [0.717, 1.165) is 4.57 Å². The van der Waals surface area contributed by atoms with Gasteiger partial charge in [-0.3, -0.25) is 9.13 Å². The maximum atomic E-state index is 11.8. The second-order valence-corrected chi connectivity index (χ2v) is 7.36. The Balaban J connectivity index is 1.90. The van der Waals surface area contributed by atoms with Crippen molar-refractivity contribution in [2.75, 3.05) is 12.3 Å². The minimum Gasteiger partial charge on any atom is -0.387 e. The largest absolute Gasteiger partial charge is 0.387 e. The maximum absolute atomic E-state index is 11.8. The highest BCUT2D eigenvalue weighted by Gasteiger charge is 2.61. The first kappa shape index (κ1) is 16.5. The third kappa shape index (κ3) is 2.70. The molecule has 0 aliphatic carbocycles. The topological polar surface area (TPSA) is 177 Å². The van der Waals surface area contributed by atoms with Gasteiger partial charge in [0.25, 0.3) is 0 Å². The molecule has 2 aliphatic rings. The van der Waals surface area contributed by atoms with Crippen LogP contribution >= 0.6 is 7.60 Å². The van der Waals surface area contributed by atoms with Crippen LogP contribution in [0.4, 0.5) is 5.82 Å². The van der Waals surface area contributed by atoms with E-state index in [1.165, 1.54) is 12.3 Å². The second kappa shape index (κ2) is 5.35. The first-order chi connectivity index (χ1) is 10.6. The van der Waals surface area contributed by atoms with E-state index in [2.05, 4.69) is 4.98 Å². The van der Waals surface area contributed by atoms with Gasteiger partial charge >= 0.3 is 13.3 Å². The molecule has 2 saturated heterocycles. The first-order valence-corrected chi connectivity index (χ1v) is 8.38. The molecule has 1 aromatic heterocycles. The van der Waals surface area contributed by atoms with Crippen molar-refractivity contribution in [2.24, 2.45) is 0 Å². The van der Waals surface area contributed by atoms with Crippen LogP contribution in [0.5, 0.6) is 0 Å². The summed E-state index contributed by atoms with van der Waals surface area (Å²) in [6.07, 6.45) is -3.33. The van der Waals surface area contributed by atoms with Crippen LogP contribution in [0, 0.1) is 0 Å². The Kier molecular flexibility index (Phi) is 3.84. The predicted octanol–water partition coefficient (Wildman–Crippen LogP) is -2.26. The van der Waals surface area contributed by atoms with E-state index < -0.39 is 43.2 Å². The molecule has 23 heavy (non-hydrogen) atoms. The monoisotopic (exact) mass is 349 g/mol. The van der Waals surface area contributed by atoms with E-state index in [0.29, 0.717) is 0 Å². The third-order valence-electron chi connectivity index (χ3n) is 4.05. The van der Waals surface area contributed by atoms with Gasteiger partial charge in [-0.05, 0) is 6.07 Å². The van der Waals surface area contributed by atoms with Crippen LogP contribution in [0.25, 0.3) is 0 Å². The van der Waals surface area contributed by atoms with Crippen LogP contribution < -0.4 is 11.4 Å². The van der Waals surface area contributed by atoms with Crippen LogP contribution in [0.1, 0.15) is 12.6 Å². The normalized spacial score (nSPS) is 37.6. The van der Waals surface area contributed by atoms with Crippen LogP contribution in [0.15, 0.2) is 17.1 Å². The van der Waals surface area contributed by atoms with Gasteiger partial charge in [-0.25, -0.2) is 4.79 Å². The summed E-state index contributed by atoms with van der Waals surface area (Å²) < 4.78 is 22.8. The molecule has 0 saturated carbocycles. The molecule has 0 unspecified atom stereocenters. The molecule has 2 aliphatic heterocycles. The summed E-state index contributed by atoms with van der Waals surface area (Å²) >= 11 is 0. The Bertz CT molecular complexity index is 719. The van der Waals surface area contributed by atoms with Crippen molar-refractivity contribution in [3.63, 3.8) is 0 Å². The van der Waals surface area contributed by atoms with Gasteiger partial charge in [0, 0.05) is 12.6 Å². The number of nitrogen functional groups attached to an aromatic ring is 1. The van der Waals surface area contributed by atoms with E-state index in [-0.39, 0.29) is 18.8 Å². The third-order valence-corrected chi connectivity index (χ3v) is 5.13. The van der Waals surface area contributed by atoms with Crippen molar-refractivity contribution in [1.29, 1.82) is 0 Å². The summed E-state index contributed by atoms with van der Waals surface area (Å²) in [6, 6.07) is 1.32. The SMILES string of the molecule is Nc1ccn([C@@H]2O[C@]3(CO[C@@H](P(=O)(O)O)C3)[C@@H](O)[C@H]2O)c(=O)n1. The molecule has 0 aromatic carbocycles. The average Bonchev–Trinajstić information content (AvgIpc) is 2.98. The van der Waals surface area contributed by atoms with Crippen LogP contribution in [-0.4, -0.2) is 59.8 Å². The van der Waals surface area contributed by atoms with Gasteiger partial charge in [-0.15, -0.1) is 0 Å². The molecule has 3 rings (SSSR count). The summed E-state index contributed by atoms with van der Waals surface area (Å²) in [5.41, 5.74) is 3.08. The number of ether oxygens (including phenoxy) is 2. The Hall–Kier alpha value is -1.33. The number of hydrogen-bond donors (Lipinski definition) is 5. The molecule has 2 fully saturated rings. The molecule has 5 atom stereocenters. The average molecular weight is 349 g/mol. The molecule has 6 N–H and O–H groups in total. The van der Waals surface area contributed by atoms with Crippen molar-refractivity contribution in [3.05, 3.63) is 22.7 Å². The molecule has 0 bridgehead atoms. The lowest BCUT2D eigenvalue weighted by molar-refractivity contribution is -0.105. The van der Waals surface area contributed by atoms with Crippen molar-refractivity contribution in [2.45, 2.75) is 36.3 Å². The summed E-state index contributed by atoms with van der Waals surface area (Å²) in [5, 5.41) is 20.4. The van der Waals surface area contributed by atoms with Gasteiger partial charge in [0.1, 0.15) is 23.6 Å². The zero-order valence-corrected chi connectivity index (χ0v) is 12.6. The number of anilines is 1. The van der Waals surface area contributed by atoms with Crippen molar-refractivity contribution in [1.82, 2.24) is 9.55 Å². The minimum atomic E-state index is -4.54. The molecular weight excluding hydrogens is 333 g/mol. The standard InChI is InChI=1S/C11H16N3O8P/c12-5-1-2-14(10(17)13-5)9-7(15)8(16)11(22-9)3-6(21-4-11)23(18,19)20/h1-2,6-9,15-16H,3-4H2,(H2,12,13,17)(H2,18,19,20)/t6-,7+,8-,9+,11+/m0/s1. The molecule has 11 nitrogen and oxygen atoms in total.